The van der Waals surface area contributed by atoms with Crippen molar-refractivity contribution in [1.29, 1.82) is 0 Å². The van der Waals surface area contributed by atoms with Crippen LogP contribution in [-0.2, 0) is 6.42 Å². The van der Waals surface area contributed by atoms with Crippen LogP contribution in [0.25, 0.3) is 0 Å². The molecule has 0 saturated carbocycles. The van der Waals surface area contributed by atoms with Crippen molar-refractivity contribution >= 4 is 0 Å². The van der Waals surface area contributed by atoms with Gasteiger partial charge in [0, 0.05) is 12.5 Å². The Bertz CT molecular complexity index is 361. The molecule has 2 atom stereocenters. The van der Waals surface area contributed by atoms with Gasteiger partial charge in [-0.2, -0.15) is 0 Å². The van der Waals surface area contributed by atoms with Crippen LogP contribution in [0.3, 0.4) is 0 Å². The summed E-state index contributed by atoms with van der Waals surface area (Å²) in [6, 6.07) is 4.91. The molecule has 1 aliphatic heterocycles. The Balaban J connectivity index is 2.04. The van der Waals surface area contributed by atoms with Gasteiger partial charge in [0.15, 0.2) is 0 Å². The van der Waals surface area contributed by atoms with E-state index in [4.69, 9.17) is 0 Å². The molecule has 0 spiro atoms. The molecule has 2 rings (SSSR count). The predicted molar refractivity (Wildman–Crippen MR) is 61.9 cm³/mol. The predicted octanol–water partition coefficient (Wildman–Crippen LogP) is 1.79. The highest BCUT2D eigenvalue weighted by Gasteiger charge is 2.23. The maximum atomic E-state index is 13.1. The minimum absolute atomic E-state index is 0.169. The molecule has 0 bridgehead atoms. The van der Waals surface area contributed by atoms with Crippen LogP contribution in [-0.4, -0.2) is 23.8 Å². The van der Waals surface area contributed by atoms with Crippen molar-refractivity contribution in [3.63, 3.8) is 0 Å². The standard InChI is InChI=1S/C13H18FNO/c1-9-4-5-11(14)7-10(9)8-13(16)12-3-2-6-15-12/h4-5,7,12-13,15-16H,2-3,6,8H2,1H3. The van der Waals surface area contributed by atoms with Crippen molar-refractivity contribution in [2.75, 3.05) is 6.54 Å². The fourth-order valence-corrected chi connectivity index (χ4v) is 2.27. The molecule has 1 saturated heterocycles. The van der Waals surface area contributed by atoms with Crippen LogP contribution in [0.15, 0.2) is 18.2 Å². The van der Waals surface area contributed by atoms with E-state index in [2.05, 4.69) is 5.32 Å². The third-order valence-electron chi connectivity index (χ3n) is 3.30. The summed E-state index contributed by atoms with van der Waals surface area (Å²) >= 11 is 0. The zero-order valence-electron chi connectivity index (χ0n) is 9.54. The van der Waals surface area contributed by atoms with Gasteiger partial charge >= 0.3 is 0 Å². The van der Waals surface area contributed by atoms with Crippen LogP contribution < -0.4 is 5.32 Å². The number of aryl methyl sites for hydroxylation is 1. The average molecular weight is 223 g/mol. The molecule has 1 aliphatic rings. The summed E-state index contributed by atoms with van der Waals surface area (Å²) in [6.07, 6.45) is 2.24. The smallest absolute Gasteiger partial charge is 0.123 e. The molecule has 2 N–H and O–H groups in total. The summed E-state index contributed by atoms with van der Waals surface area (Å²) in [4.78, 5) is 0. The monoisotopic (exact) mass is 223 g/mol. The Morgan fingerprint density at radius 1 is 1.56 bits per heavy atom. The molecule has 2 unspecified atom stereocenters. The average Bonchev–Trinajstić information content (AvgIpc) is 2.76. The number of aliphatic hydroxyl groups is 1. The van der Waals surface area contributed by atoms with Crippen LogP contribution in [0, 0.1) is 12.7 Å². The molecule has 0 radical (unpaired) electrons. The lowest BCUT2D eigenvalue weighted by atomic mass is 9.98. The van der Waals surface area contributed by atoms with E-state index in [0.717, 1.165) is 30.5 Å². The number of aliphatic hydroxyl groups excluding tert-OH is 1. The molecule has 1 aromatic carbocycles. The maximum Gasteiger partial charge on any atom is 0.123 e. The Morgan fingerprint density at radius 3 is 3.06 bits per heavy atom. The zero-order valence-corrected chi connectivity index (χ0v) is 9.54. The highest BCUT2D eigenvalue weighted by molar-refractivity contribution is 5.27. The zero-order chi connectivity index (χ0) is 11.5. The van der Waals surface area contributed by atoms with Crippen LogP contribution >= 0.6 is 0 Å². The van der Waals surface area contributed by atoms with Gasteiger partial charge < -0.3 is 10.4 Å². The quantitative estimate of drug-likeness (QED) is 0.819. The highest BCUT2D eigenvalue weighted by Crippen LogP contribution is 2.17. The van der Waals surface area contributed by atoms with Gasteiger partial charge in [-0.3, -0.25) is 0 Å². The summed E-state index contributed by atoms with van der Waals surface area (Å²) in [6.45, 7) is 2.92. The summed E-state index contributed by atoms with van der Waals surface area (Å²) in [5.74, 6) is -0.229. The molecule has 2 nitrogen and oxygen atoms in total. The molecule has 1 heterocycles. The minimum Gasteiger partial charge on any atom is -0.391 e. The lowest BCUT2D eigenvalue weighted by Crippen LogP contribution is -2.36. The van der Waals surface area contributed by atoms with E-state index >= 15 is 0 Å². The first-order valence-corrected chi connectivity index (χ1v) is 5.83. The van der Waals surface area contributed by atoms with Crippen molar-refractivity contribution in [3.05, 3.63) is 35.1 Å². The van der Waals surface area contributed by atoms with Crippen LogP contribution in [0.1, 0.15) is 24.0 Å². The molecule has 88 valence electrons. The summed E-state index contributed by atoms with van der Waals surface area (Å²) in [5, 5.41) is 13.3. The van der Waals surface area contributed by atoms with E-state index in [9.17, 15) is 9.50 Å². The molecular weight excluding hydrogens is 205 g/mol. The number of hydrogen-bond donors (Lipinski definition) is 2. The molecule has 0 aliphatic carbocycles. The highest BCUT2D eigenvalue weighted by atomic mass is 19.1. The van der Waals surface area contributed by atoms with E-state index in [-0.39, 0.29) is 11.9 Å². The van der Waals surface area contributed by atoms with Crippen molar-refractivity contribution in [3.8, 4) is 0 Å². The normalized spacial score (nSPS) is 22.3. The number of halogens is 1. The Morgan fingerprint density at radius 2 is 2.38 bits per heavy atom. The van der Waals surface area contributed by atoms with Gasteiger partial charge in [0.05, 0.1) is 6.10 Å². The van der Waals surface area contributed by atoms with Gasteiger partial charge in [0.2, 0.25) is 0 Å². The van der Waals surface area contributed by atoms with Crippen LogP contribution in [0.5, 0.6) is 0 Å². The second kappa shape index (κ2) is 4.93. The van der Waals surface area contributed by atoms with Gasteiger partial charge in [-0.25, -0.2) is 4.39 Å². The van der Waals surface area contributed by atoms with Crippen molar-refractivity contribution in [1.82, 2.24) is 5.32 Å². The number of hydrogen-bond acceptors (Lipinski definition) is 2. The van der Waals surface area contributed by atoms with Gasteiger partial charge in [-0.1, -0.05) is 6.07 Å². The SMILES string of the molecule is Cc1ccc(F)cc1CC(O)C1CCCN1. The number of rotatable bonds is 3. The second-order valence-corrected chi connectivity index (χ2v) is 4.55. The first-order chi connectivity index (χ1) is 7.66. The van der Waals surface area contributed by atoms with Gasteiger partial charge in [-0.15, -0.1) is 0 Å². The third-order valence-corrected chi connectivity index (χ3v) is 3.30. The van der Waals surface area contributed by atoms with E-state index in [1.165, 1.54) is 12.1 Å². The first kappa shape index (κ1) is 11.6. The number of nitrogens with one attached hydrogen (secondary N) is 1. The molecule has 3 heteroatoms. The van der Waals surface area contributed by atoms with Crippen molar-refractivity contribution in [2.45, 2.75) is 38.3 Å². The van der Waals surface area contributed by atoms with E-state index < -0.39 is 6.10 Å². The molecule has 0 aromatic heterocycles. The van der Waals surface area contributed by atoms with Gasteiger partial charge in [0.25, 0.3) is 0 Å². The van der Waals surface area contributed by atoms with Crippen LogP contribution in [0.2, 0.25) is 0 Å². The van der Waals surface area contributed by atoms with Crippen molar-refractivity contribution < 1.29 is 9.50 Å². The third kappa shape index (κ3) is 2.60. The maximum absolute atomic E-state index is 13.1. The topological polar surface area (TPSA) is 32.3 Å². The van der Waals surface area contributed by atoms with Crippen LogP contribution in [0.4, 0.5) is 4.39 Å². The number of benzene rings is 1. The van der Waals surface area contributed by atoms with E-state index in [1.807, 2.05) is 6.92 Å². The molecule has 16 heavy (non-hydrogen) atoms. The van der Waals surface area contributed by atoms with Gasteiger partial charge in [0.1, 0.15) is 5.82 Å². The fraction of sp³-hybridized carbons (Fsp3) is 0.538. The van der Waals surface area contributed by atoms with Gasteiger partial charge in [-0.05, 0) is 49.6 Å². The Kier molecular flexibility index (Phi) is 3.56. The molecule has 1 fully saturated rings. The lowest BCUT2D eigenvalue weighted by Gasteiger charge is -2.19. The summed E-state index contributed by atoms with van der Waals surface area (Å²) in [5.41, 5.74) is 1.94. The first-order valence-electron chi connectivity index (χ1n) is 5.83. The lowest BCUT2D eigenvalue weighted by molar-refractivity contribution is 0.136. The van der Waals surface area contributed by atoms with Crippen molar-refractivity contribution in [2.24, 2.45) is 0 Å². The summed E-state index contributed by atoms with van der Waals surface area (Å²) in [7, 11) is 0. The fourth-order valence-electron chi connectivity index (χ4n) is 2.27. The Hall–Kier alpha value is -0.930. The minimum atomic E-state index is -0.414. The largest absolute Gasteiger partial charge is 0.391 e. The molecular formula is C13H18FNO. The summed E-state index contributed by atoms with van der Waals surface area (Å²) < 4.78 is 13.1. The van der Waals surface area contributed by atoms with E-state index in [1.54, 1.807) is 6.07 Å². The molecule has 0 amide bonds. The van der Waals surface area contributed by atoms with E-state index in [0.29, 0.717) is 6.42 Å². The Labute approximate surface area is 95.5 Å². The second-order valence-electron chi connectivity index (χ2n) is 4.55. The molecule has 1 aromatic rings.